The van der Waals surface area contributed by atoms with Crippen molar-refractivity contribution in [3.05, 3.63) is 66.0 Å². The molecular weight excluding hydrogens is 538 g/mol. The van der Waals surface area contributed by atoms with Gasteiger partial charge in [0.1, 0.15) is 5.82 Å². The van der Waals surface area contributed by atoms with Crippen LogP contribution in [0.5, 0.6) is 0 Å². The number of likely N-dealkylation sites (tertiary alicyclic amines) is 1. The van der Waals surface area contributed by atoms with Crippen LogP contribution in [-0.2, 0) is 11.2 Å². The molecule has 1 aliphatic rings. The van der Waals surface area contributed by atoms with Gasteiger partial charge in [0.05, 0.1) is 0 Å². The predicted octanol–water partition coefficient (Wildman–Crippen LogP) is 4.18. The molecule has 1 heterocycles. The number of nitrogens with one attached hydrogen (secondary N) is 2. The summed E-state index contributed by atoms with van der Waals surface area (Å²) >= 11 is 1.67. The molecule has 1 saturated heterocycles. The van der Waals surface area contributed by atoms with Gasteiger partial charge < -0.3 is 15.5 Å². The van der Waals surface area contributed by atoms with E-state index in [-0.39, 0.29) is 41.6 Å². The number of halogens is 2. The number of amides is 1. The minimum atomic E-state index is -0.215. The molecule has 174 valence electrons. The summed E-state index contributed by atoms with van der Waals surface area (Å²) in [7, 11) is 0. The molecular formula is C24H32FIN4OS. The van der Waals surface area contributed by atoms with Crippen LogP contribution >= 0.6 is 35.7 Å². The van der Waals surface area contributed by atoms with E-state index < -0.39 is 0 Å². The maximum atomic E-state index is 13.0. The fraction of sp³-hybridized carbons (Fsp3) is 0.417. The third-order valence-electron chi connectivity index (χ3n) is 5.14. The summed E-state index contributed by atoms with van der Waals surface area (Å²) in [5.41, 5.74) is 1.26. The summed E-state index contributed by atoms with van der Waals surface area (Å²) in [4.78, 5) is 20.1. The molecule has 0 aliphatic carbocycles. The Morgan fingerprint density at radius 1 is 1.16 bits per heavy atom. The van der Waals surface area contributed by atoms with Crippen LogP contribution < -0.4 is 10.6 Å². The first-order chi connectivity index (χ1) is 15.1. The van der Waals surface area contributed by atoms with Crippen LogP contribution in [0.4, 0.5) is 4.39 Å². The first kappa shape index (κ1) is 26.4. The zero-order valence-electron chi connectivity index (χ0n) is 18.4. The minimum absolute atomic E-state index is 0. The molecule has 1 fully saturated rings. The van der Waals surface area contributed by atoms with Gasteiger partial charge in [-0.15, -0.1) is 35.7 Å². The third kappa shape index (κ3) is 8.97. The van der Waals surface area contributed by atoms with Gasteiger partial charge in [0, 0.05) is 55.7 Å². The lowest BCUT2D eigenvalue weighted by Gasteiger charge is -2.16. The van der Waals surface area contributed by atoms with E-state index in [9.17, 15) is 9.18 Å². The van der Waals surface area contributed by atoms with E-state index in [0.29, 0.717) is 13.0 Å². The number of guanidine groups is 1. The Morgan fingerprint density at radius 3 is 2.62 bits per heavy atom. The Hall–Kier alpha value is -1.81. The van der Waals surface area contributed by atoms with Crippen LogP contribution in [0, 0.1) is 11.7 Å². The van der Waals surface area contributed by atoms with Gasteiger partial charge in [-0.3, -0.25) is 9.79 Å². The van der Waals surface area contributed by atoms with Crippen molar-refractivity contribution in [1.29, 1.82) is 0 Å². The molecule has 0 spiro atoms. The number of nitrogens with zero attached hydrogens (tertiary/aromatic N) is 2. The van der Waals surface area contributed by atoms with E-state index in [0.717, 1.165) is 49.2 Å². The van der Waals surface area contributed by atoms with Gasteiger partial charge in [0.2, 0.25) is 5.91 Å². The molecule has 3 rings (SSSR count). The Balaban J connectivity index is 0.00000363. The summed E-state index contributed by atoms with van der Waals surface area (Å²) in [6.07, 6.45) is 1.45. The fourth-order valence-corrected chi connectivity index (χ4v) is 4.30. The van der Waals surface area contributed by atoms with Crippen molar-refractivity contribution in [2.75, 3.05) is 38.5 Å². The molecule has 1 amide bonds. The molecule has 5 nitrogen and oxygen atoms in total. The van der Waals surface area contributed by atoms with Crippen LogP contribution in [-0.4, -0.2) is 55.2 Å². The van der Waals surface area contributed by atoms with Gasteiger partial charge >= 0.3 is 0 Å². The molecule has 1 atom stereocenters. The molecule has 8 heteroatoms. The Labute approximate surface area is 211 Å². The normalized spacial score (nSPS) is 16.1. The molecule has 1 unspecified atom stereocenters. The number of thioether (sulfide) groups is 1. The summed E-state index contributed by atoms with van der Waals surface area (Å²) in [5, 5.41) is 6.60. The fourth-order valence-electron chi connectivity index (χ4n) is 3.53. The highest BCUT2D eigenvalue weighted by Gasteiger charge is 2.28. The second-order valence-corrected chi connectivity index (χ2v) is 8.76. The zero-order chi connectivity index (χ0) is 21.9. The highest BCUT2D eigenvalue weighted by atomic mass is 127. The van der Waals surface area contributed by atoms with Crippen LogP contribution in [0.2, 0.25) is 0 Å². The molecule has 32 heavy (non-hydrogen) atoms. The highest BCUT2D eigenvalue weighted by molar-refractivity contribution is 14.0. The quantitative estimate of drug-likeness (QED) is 0.148. The second-order valence-electron chi connectivity index (χ2n) is 7.59. The molecule has 0 saturated carbocycles. The van der Waals surface area contributed by atoms with Gasteiger partial charge in [-0.05, 0) is 43.2 Å². The van der Waals surface area contributed by atoms with Gasteiger partial charge in [0.15, 0.2) is 5.96 Å². The van der Waals surface area contributed by atoms with E-state index in [2.05, 4.69) is 22.8 Å². The molecule has 2 aromatic carbocycles. The summed E-state index contributed by atoms with van der Waals surface area (Å²) in [6.45, 7) is 5.74. The minimum Gasteiger partial charge on any atom is -0.357 e. The van der Waals surface area contributed by atoms with E-state index in [1.165, 1.54) is 17.7 Å². The maximum absolute atomic E-state index is 13.0. The molecule has 2 N–H and O–H groups in total. The van der Waals surface area contributed by atoms with Crippen LogP contribution in [0.25, 0.3) is 0 Å². The van der Waals surface area contributed by atoms with Gasteiger partial charge in [-0.2, -0.15) is 0 Å². The van der Waals surface area contributed by atoms with Crippen molar-refractivity contribution in [1.82, 2.24) is 15.5 Å². The van der Waals surface area contributed by atoms with Crippen molar-refractivity contribution in [3.63, 3.8) is 0 Å². The van der Waals surface area contributed by atoms with E-state index in [1.807, 2.05) is 30.0 Å². The van der Waals surface area contributed by atoms with Crippen molar-refractivity contribution in [2.24, 2.45) is 10.9 Å². The van der Waals surface area contributed by atoms with E-state index in [4.69, 9.17) is 4.99 Å². The number of benzene rings is 2. The molecule has 0 radical (unpaired) electrons. The highest BCUT2D eigenvalue weighted by Crippen LogP contribution is 2.19. The Morgan fingerprint density at radius 2 is 1.91 bits per heavy atom. The van der Waals surface area contributed by atoms with Gasteiger partial charge in [0.25, 0.3) is 0 Å². The van der Waals surface area contributed by atoms with Crippen molar-refractivity contribution in [3.8, 4) is 0 Å². The molecule has 0 aromatic heterocycles. The standard InChI is InChI=1S/C24H31FN4OS.HI/c1-2-26-24(27-13-15-31-22-10-8-21(25)9-11-22)28-17-20-16-23(30)29(18-20)14-12-19-6-4-3-5-7-19;/h3-11,20H,2,12-18H2,1H3,(H2,26,27,28);1H. The third-order valence-corrected chi connectivity index (χ3v) is 6.15. The van der Waals surface area contributed by atoms with Gasteiger partial charge in [-0.1, -0.05) is 30.3 Å². The smallest absolute Gasteiger partial charge is 0.223 e. The average molecular weight is 571 g/mol. The molecule has 2 aromatic rings. The number of rotatable bonds is 10. The summed E-state index contributed by atoms with van der Waals surface area (Å²) < 4.78 is 13.0. The van der Waals surface area contributed by atoms with Crippen molar-refractivity contribution in [2.45, 2.75) is 24.7 Å². The second kappa shape index (κ2) is 14.4. The lowest BCUT2D eigenvalue weighted by Crippen LogP contribution is -2.38. The van der Waals surface area contributed by atoms with Crippen LogP contribution in [0.3, 0.4) is 0 Å². The Kier molecular flexibility index (Phi) is 11.9. The average Bonchev–Trinajstić information content (AvgIpc) is 3.15. The predicted molar refractivity (Wildman–Crippen MR) is 141 cm³/mol. The maximum Gasteiger partial charge on any atom is 0.223 e. The summed E-state index contributed by atoms with van der Waals surface area (Å²) in [6, 6.07) is 16.8. The molecule has 1 aliphatic heterocycles. The Bertz CT molecular complexity index is 851. The number of aliphatic imine (C=N–C) groups is 1. The zero-order valence-corrected chi connectivity index (χ0v) is 21.6. The first-order valence-corrected chi connectivity index (χ1v) is 11.8. The monoisotopic (exact) mass is 570 g/mol. The number of hydrogen-bond donors (Lipinski definition) is 2. The first-order valence-electron chi connectivity index (χ1n) is 10.9. The SMILES string of the molecule is CCNC(=NCC1CC(=O)N(CCc2ccccc2)C1)NCCSc1ccc(F)cc1.I. The topological polar surface area (TPSA) is 56.7 Å². The van der Waals surface area contributed by atoms with Crippen molar-refractivity contribution >= 4 is 47.6 Å². The summed E-state index contributed by atoms with van der Waals surface area (Å²) in [5.74, 6) is 1.90. The number of carbonyl (C=O) groups excluding carboxylic acids is 1. The van der Waals surface area contributed by atoms with Crippen LogP contribution in [0.1, 0.15) is 18.9 Å². The largest absolute Gasteiger partial charge is 0.357 e. The van der Waals surface area contributed by atoms with Crippen LogP contribution in [0.15, 0.2) is 64.5 Å². The number of hydrogen-bond acceptors (Lipinski definition) is 3. The lowest BCUT2D eigenvalue weighted by atomic mass is 10.1. The van der Waals surface area contributed by atoms with Gasteiger partial charge in [-0.25, -0.2) is 4.39 Å². The number of carbonyl (C=O) groups is 1. The van der Waals surface area contributed by atoms with E-state index in [1.54, 1.807) is 23.9 Å². The van der Waals surface area contributed by atoms with Crippen molar-refractivity contribution < 1.29 is 9.18 Å². The lowest BCUT2D eigenvalue weighted by molar-refractivity contribution is -0.127. The molecule has 0 bridgehead atoms. The van der Waals surface area contributed by atoms with E-state index >= 15 is 0 Å².